The third-order valence-electron chi connectivity index (χ3n) is 4.73. The van der Waals surface area contributed by atoms with Crippen LogP contribution in [0.2, 0.25) is 0 Å². The van der Waals surface area contributed by atoms with E-state index in [0.717, 1.165) is 32.4 Å². The first kappa shape index (κ1) is 18.4. The Morgan fingerprint density at radius 1 is 1.33 bits per heavy atom. The number of likely N-dealkylation sites (tertiary alicyclic amines) is 1. The van der Waals surface area contributed by atoms with E-state index in [1.807, 2.05) is 0 Å². The molecule has 0 aromatic heterocycles. The van der Waals surface area contributed by atoms with Gasteiger partial charge in [0.25, 0.3) is 0 Å². The van der Waals surface area contributed by atoms with Gasteiger partial charge in [-0.15, -0.1) is 0 Å². The zero-order valence-electron chi connectivity index (χ0n) is 14.3. The number of hydrogen-bond donors (Lipinski definition) is 2. The fourth-order valence-corrected chi connectivity index (χ4v) is 3.06. The number of nitrogens with zero attached hydrogens (tertiary/aromatic N) is 1. The second-order valence-corrected chi connectivity index (χ2v) is 7.29. The van der Waals surface area contributed by atoms with Gasteiger partial charge in [0.15, 0.2) is 0 Å². The standard InChI is InChI=1S/C17H35N3O/c1-15-7-4-5-13-20(15)14-6-12-19-16(21)8-9-17(2,3)10-11-18/h15H,4-14,18H2,1-3H3,(H,19,21). The molecular formula is C17H35N3O. The Kier molecular flexibility index (Phi) is 8.27. The first-order valence-electron chi connectivity index (χ1n) is 8.65. The second-order valence-electron chi connectivity index (χ2n) is 7.29. The third kappa shape index (κ3) is 7.82. The Morgan fingerprint density at radius 2 is 2.10 bits per heavy atom. The van der Waals surface area contributed by atoms with Gasteiger partial charge < -0.3 is 16.0 Å². The van der Waals surface area contributed by atoms with E-state index >= 15 is 0 Å². The largest absolute Gasteiger partial charge is 0.356 e. The molecule has 0 aromatic rings. The second kappa shape index (κ2) is 9.42. The van der Waals surface area contributed by atoms with E-state index in [9.17, 15) is 4.79 Å². The monoisotopic (exact) mass is 297 g/mol. The summed E-state index contributed by atoms with van der Waals surface area (Å²) in [5.41, 5.74) is 5.77. The average molecular weight is 297 g/mol. The van der Waals surface area contributed by atoms with Crippen LogP contribution in [0.1, 0.15) is 65.7 Å². The van der Waals surface area contributed by atoms with E-state index < -0.39 is 0 Å². The molecule has 0 aromatic carbocycles. The van der Waals surface area contributed by atoms with Crippen LogP contribution in [0.5, 0.6) is 0 Å². The van der Waals surface area contributed by atoms with Crippen molar-refractivity contribution in [3.8, 4) is 0 Å². The number of carbonyl (C=O) groups excluding carboxylic acids is 1. The Labute approximate surface area is 130 Å². The molecule has 1 saturated heterocycles. The third-order valence-corrected chi connectivity index (χ3v) is 4.73. The maximum atomic E-state index is 11.9. The van der Waals surface area contributed by atoms with Crippen molar-refractivity contribution in [3.05, 3.63) is 0 Å². The van der Waals surface area contributed by atoms with E-state index in [1.165, 1.54) is 25.8 Å². The van der Waals surface area contributed by atoms with Crippen molar-refractivity contribution in [2.75, 3.05) is 26.2 Å². The summed E-state index contributed by atoms with van der Waals surface area (Å²) < 4.78 is 0. The molecule has 21 heavy (non-hydrogen) atoms. The molecule has 1 aliphatic rings. The Morgan fingerprint density at radius 3 is 2.76 bits per heavy atom. The number of carbonyl (C=O) groups is 1. The molecule has 4 heteroatoms. The average Bonchev–Trinajstić information content (AvgIpc) is 2.43. The highest BCUT2D eigenvalue weighted by Crippen LogP contribution is 2.25. The smallest absolute Gasteiger partial charge is 0.220 e. The number of nitrogens with two attached hydrogens (primary N) is 1. The van der Waals surface area contributed by atoms with Gasteiger partial charge in [-0.25, -0.2) is 0 Å². The minimum Gasteiger partial charge on any atom is -0.356 e. The molecule has 0 bridgehead atoms. The molecule has 0 radical (unpaired) electrons. The first-order chi connectivity index (χ1) is 9.94. The molecule has 4 nitrogen and oxygen atoms in total. The van der Waals surface area contributed by atoms with Crippen LogP contribution in [-0.4, -0.2) is 43.0 Å². The highest BCUT2D eigenvalue weighted by Gasteiger charge is 2.19. The zero-order chi connectivity index (χ0) is 15.7. The number of amides is 1. The summed E-state index contributed by atoms with van der Waals surface area (Å²) >= 11 is 0. The van der Waals surface area contributed by atoms with Gasteiger partial charge in [-0.05, 0) is 57.5 Å². The van der Waals surface area contributed by atoms with Crippen LogP contribution in [0.15, 0.2) is 0 Å². The molecule has 1 heterocycles. The number of rotatable bonds is 9. The number of nitrogens with one attached hydrogen (secondary N) is 1. The Hall–Kier alpha value is -0.610. The van der Waals surface area contributed by atoms with Crippen molar-refractivity contribution in [1.29, 1.82) is 0 Å². The lowest BCUT2D eigenvalue weighted by atomic mass is 9.84. The van der Waals surface area contributed by atoms with Crippen molar-refractivity contribution < 1.29 is 4.79 Å². The van der Waals surface area contributed by atoms with Crippen molar-refractivity contribution in [2.24, 2.45) is 11.1 Å². The van der Waals surface area contributed by atoms with Crippen molar-refractivity contribution in [1.82, 2.24) is 10.2 Å². The molecule has 1 unspecified atom stereocenters. The van der Waals surface area contributed by atoms with Gasteiger partial charge in [0.1, 0.15) is 0 Å². The summed E-state index contributed by atoms with van der Waals surface area (Å²) in [5, 5.41) is 3.05. The molecule has 1 fully saturated rings. The number of piperidine rings is 1. The maximum absolute atomic E-state index is 11.9. The fraction of sp³-hybridized carbons (Fsp3) is 0.941. The summed E-state index contributed by atoms with van der Waals surface area (Å²) in [4.78, 5) is 14.4. The summed E-state index contributed by atoms with van der Waals surface area (Å²) in [6.07, 6.45) is 7.59. The van der Waals surface area contributed by atoms with Gasteiger partial charge in [0.2, 0.25) is 5.91 Å². The number of hydrogen-bond acceptors (Lipinski definition) is 3. The molecule has 0 aliphatic carbocycles. The molecule has 124 valence electrons. The molecule has 3 N–H and O–H groups in total. The van der Waals surface area contributed by atoms with Gasteiger partial charge in [-0.1, -0.05) is 20.3 Å². The predicted molar refractivity (Wildman–Crippen MR) is 89.2 cm³/mol. The van der Waals surface area contributed by atoms with E-state index in [1.54, 1.807) is 0 Å². The van der Waals surface area contributed by atoms with Crippen LogP contribution in [0.4, 0.5) is 0 Å². The minimum atomic E-state index is 0.176. The maximum Gasteiger partial charge on any atom is 0.220 e. The Balaban J connectivity index is 2.08. The highest BCUT2D eigenvalue weighted by molar-refractivity contribution is 5.75. The molecule has 0 saturated carbocycles. The first-order valence-corrected chi connectivity index (χ1v) is 8.65. The Bertz CT molecular complexity index is 304. The summed E-state index contributed by atoms with van der Waals surface area (Å²) in [5.74, 6) is 0.187. The van der Waals surface area contributed by atoms with Crippen LogP contribution < -0.4 is 11.1 Å². The predicted octanol–water partition coefficient (Wildman–Crippen LogP) is 2.52. The zero-order valence-corrected chi connectivity index (χ0v) is 14.3. The fourth-order valence-electron chi connectivity index (χ4n) is 3.06. The molecule has 1 amide bonds. The van der Waals surface area contributed by atoms with Crippen LogP contribution in [-0.2, 0) is 4.79 Å². The van der Waals surface area contributed by atoms with Crippen LogP contribution >= 0.6 is 0 Å². The quantitative estimate of drug-likeness (QED) is 0.643. The van der Waals surface area contributed by atoms with Crippen molar-refractivity contribution in [2.45, 2.75) is 71.8 Å². The van der Waals surface area contributed by atoms with Gasteiger partial charge in [0.05, 0.1) is 0 Å². The van der Waals surface area contributed by atoms with E-state index in [0.29, 0.717) is 19.0 Å². The lowest BCUT2D eigenvalue weighted by molar-refractivity contribution is -0.121. The minimum absolute atomic E-state index is 0.176. The van der Waals surface area contributed by atoms with Crippen LogP contribution in [0.3, 0.4) is 0 Å². The summed E-state index contributed by atoms with van der Waals surface area (Å²) in [7, 11) is 0. The van der Waals surface area contributed by atoms with Crippen molar-refractivity contribution in [3.63, 3.8) is 0 Å². The van der Waals surface area contributed by atoms with E-state index in [4.69, 9.17) is 5.73 Å². The van der Waals surface area contributed by atoms with Gasteiger partial charge >= 0.3 is 0 Å². The summed E-state index contributed by atoms with van der Waals surface area (Å²) in [6, 6.07) is 0.714. The lowest BCUT2D eigenvalue weighted by Gasteiger charge is -2.33. The molecular weight excluding hydrogens is 262 g/mol. The topological polar surface area (TPSA) is 58.4 Å². The molecule has 1 aliphatic heterocycles. The molecule has 0 spiro atoms. The molecule has 1 rings (SSSR count). The van der Waals surface area contributed by atoms with E-state index in [-0.39, 0.29) is 11.3 Å². The summed E-state index contributed by atoms with van der Waals surface area (Å²) in [6.45, 7) is 10.5. The van der Waals surface area contributed by atoms with Gasteiger partial charge in [-0.3, -0.25) is 4.79 Å². The van der Waals surface area contributed by atoms with Crippen LogP contribution in [0, 0.1) is 5.41 Å². The normalized spacial score (nSPS) is 20.5. The van der Waals surface area contributed by atoms with Crippen LogP contribution in [0.25, 0.3) is 0 Å². The van der Waals surface area contributed by atoms with E-state index in [2.05, 4.69) is 31.0 Å². The lowest BCUT2D eigenvalue weighted by Crippen LogP contribution is -2.39. The SMILES string of the molecule is CC1CCCCN1CCCNC(=O)CCC(C)(C)CCN. The molecule has 1 atom stereocenters. The van der Waals surface area contributed by atoms with Gasteiger partial charge in [-0.2, -0.15) is 0 Å². The highest BCUT2D eigenvalue weighted by atomic mass is 16.1. The van der Waals surface area contributed by atoms with Gasteiger partial charge in [0, 0.05) is 25.6 Å². The van der Waals surface area contributed by atoms with Crippen molar-refractivity contribution >= 4 is 5.91 Å².